The number of halogens is 1. The lowest BCUT2D eigenvalue weighted by molar-refractivity contribution is 0.189. The summed E-state index contributed by atoms with van der Waals surface area (Å²) < 4.78 is 8.53. The third-order valence-corrected chi connectivity index (χ3v) is 3.40. The second-order valence-electron chi connectivity index (χ2n) is 4.55. The minimum absolute atomic E-state index is 0.335. The number of hydrogen-bond acceptors (Lipinski definition) is 4. The highest BCUT2D eigenvalue weighted by Gasteiger charge is 2.11. The van der Waals surface area contributed by atoms with Gasteiger partial charge < -0.3 is 9.84 Å². The Morgan fingerprint density at radius 2 is 2.25 bits per heavy atom. The standard InChI is InChI=1S/C14H18BrN3O2/c1-3-6-18-14(16-9-17-18)8-20-13-5-4-11(15)7-12(13)10(2)19/h4-5,7,9-10,19H,3,6,8H2,1-2H3. The molecule has 2 aromatic rings. The summed E-state index contributed by atoms with van der Waals surface area (Å²) in [5, 5.41) is 13.9. The topological polar surface area (TPSA) is 60.2 Å². The Balaban J connectivity index is 2.12. The number of rotatable bonds is 6. The van der Waals surface area contributed by atoms with Crippen LogP contribution in [0.3, 0.4) is 0 Å². The highest BCUT2D eigenvalue weighted by molar-refractivity contribution is 9.10. The summed E-state index contributed by atoms with van der Waals surface area (Å²) in [5.41, 5.74) is 0.751. The van der Waals surface area contributed by atoms with Gasteiger partial charge in [0.25, 0.3) is 0 Å². The Morgan fingerprint density at radius 1 is 1.45 bits per heavy atom. The number of hydrogen-bond donors (Lipinski definition) is 1. The highest BCUT2D eigenvalue weighted by atomic mass is 79.9. The van der Waals surface area contributed by atoms with Gasteiger partial charge in [-0.1, -0.05) is 22.9 Å². The van der Waals surface area contributed by atoms with E-state index in [4.69, 9.17) is 4.74 Å². The first-order valence-electron chi connectivity index (χ1n) is 6.58. The molecule has 0 saturated heterocycles. The number of nitrogens with zero attached hydrogens (tertiary/aromatic N) is 3. The molecule has 0 fully saturated rings. The van der Waals surface area contributed by atoms with Crippen molar-refractivity contribution in [2.45, 2.75) is 39.5 Å². The third kappa shape index (κ3) is 3.58. The van der Waals surface area contributed by atoms with E-state index in [1.54, 1.807) is 6.92 Å². The van der Waals surface area contributed by atoms with Crippen LogP contribution in [0.5, 0.6) is 5.75 Å². The number of ether oxygens (including phenoxy) is 1. The van der Waals surface area contributed by atoms with Crippen molar-refractivity contribution in [1.29, 1.82) is 0 Å². The number of aromatic nitrogens is 3. The van der Waals surface area contributed by atoms with Crippen molar-refractivity contribution in [3.8, 4) is 5.75 Å². The van der Waals surface area contributed by atoms with E-state index in [0.717, 1.165) is 28.8 Å². The molecule has 20 heavy (non-hydrogen) atoms. The Labute approximate surface area is 126 Å². The Morgan fingerprint density at radius 3 is 2.95 bits per heavy atom. The minimum Gasteiger partial charge on any atom is -0.485 e. The average Bonchev–Trinajstić information content (AvgIpc) is 2.85. The quantitative estimate of drug-likeness (QED) is 0.878. The van der Waals surface area contributed by atoms with E-state index in [2.05, 4.69) is 32.9 Å². The molecule has 1 heterocycles. The zero-order valence-corrected chi connectivity index (χ0v) is 13.2. The van der Waals surface area contributed by atoms with Gasteiger partial charge in [0, 0.05) is 16.6 Å². The molecule has 0 bridgehead atoms. The van der Waals surface area contributed by atoms with E-state index < -0.39 is 6.10 Å². The van der Waals surface area contributed by atoms with Gasteiger partial charge in [-0.15, -0.1) is 0 Å². The van der Waals surface area contributed by atoms with Crippen LogP contribution in [0, 0.1) is 0 Å². The van der Waals surface area contributed by atoms with Gasteiger partial charge in [-0.05, 0) is 31.5 Å². The van der Waals surface area contributed by atoms with Gasteiger partial charge in [0.1, 0.15) is 18.7 Å². The highest BCUT2D eigenvalue weighted by Crippen LogP contribution is 2.28. The van der Waals surface area contributed by atoms with Crippen LogP contribution in [0.2, 0.25) is 0 Å². The normalized spacial score (nSPS) is 12.4. The first kappa shape index (κ1) is 15.0. The van der Waals surface area contributed by atoms with Crippen molar-refractivity contribution in [2.24, 2.45) is 0 Å². The third-order valence-electron chi connectivity index (χ3n) is 2.91. The summed E-state index contributed by atoms with van der Waals surface area (Å²) in [6.45, 7) is 4.96. The zero-order valence-electron chi connectivity index (χ0n) is 11.6. The lowest BCUT2D eigenvalue weighted by Crippen LogP contribution is -2.09. The molecule has 0 amide bonds. The molecule has 0 aliphatic carbocycles. The van der Waals surface area contributed by atoms with E-state index in [-0.39, 0.29) is 0 Å². The number of aryl methyl sites for hydroxylation is 1. The first-order valence-corrected chi connectivity index (χ1v) is 7.38. The molecule has 6 heteroatoms. The van der Waals surface area contributed by atoms with Crippen LogP contribution in [0.15, 0.2) is 29.0 Å². The molecule has 1 atom stereocenters. The van der Waals surface area contributed by atoms with E-state index in [1.165, 1.54) is 6.33 Å². The van der Waals surface area contributed by atoms with E-state index in [0.29, 0.717) is 12.4 Å². The van der Waals surface area contributed by atoms with Crippen LogP contribution in [0.25, 0.3) is 0 Å². The first-order chi connectivity index (χ1) is 9.61. The van der Waals surface area contributed by atoms with Crippen molar-refractivity contribution < 1.29 is 9.84 Å². The van der Waals surface area contributed by atoms with Crippen LogP contribution in [-0.2, 0) is 13.2 Å². The summed E-state index contributed by atoms with van der Waals surface area (Å²) in [4.78, 5) is 4.20. The summed E-state index contributed by atoms with van der Waals surface area (Å²) in [6, 6.07) is 5.58. The fraction of sp³-hybridized carbons (Fsp3) is 0.429. The molecule has 1 aromatic heterocycles. The maximum absolute atomic E-state index is 9.79. The lowest BCUT2D eigenvalue weighted by Gasteiger charge is -2.14. The maximum Gasteiger partial charge on any atom is 0.164 e. The predicted octanol–water partition coefficient (Wildman–Crippen LogP) is 3.08. The Hall–Kier alpha value is -1.40. The second kappa shape index (κ2) is 6.85. The molecule has 0 spiro atoms. The fourth-order valence-electron chi connectivity index (χ4n) is 1.92. The number of aliphatic hydroxyl groups excluding tert-OH is 1. The summed E-state index contributed by atoms with van der Waals surface area (Å²) >= 11 is 3.39. The maximum atomic E-state index is 9.79. The van der Waals surface area contributed by atoms with Gasteiger partial charge >= 0.3 is 0 Å². The number of benzene rings is 1. The average molecular weight is 340 g/mol. The SMILES string of the molecule is CCCn1ncnc1COc1ccc(Br)cc1C(C)O. The molecule has 1 unspecified atom stereocenters. The molecule has 0 radical (unpaired) electrons. The molecule has 5 nitrogen and oxygen atoms in total. The molecule has 0 aliphatic rings. The van der Waals surface area contributed by atoms with Crippen molar-refractivity contribution >= 4 is 15.9 Å². The summed E-state index contributed by atoms with van der Waals surface area (Å²) in [7, 11) is 0. The molecule has 1 N–H and O–H groups in total. The molecule has 0 aliphatic heterocycles. The predicted molar refractivity (Wildman–Crippen MR) is 79.4 cm³/mol. The molecule has 108 valence electrons. The molecule has 2 rings (SSSR count). The fourth-order valence-corrected chi connectivity index (χ4v) is 2.30. The van der Waals surface area contributed by atoms with Gasteiger partial charge in [-0.2, -0.15) is 5.10 Å². The van der Waals surface area contributed by atoms with Crippen LogP contribution in [-0.4, -0.2) is 19.9 Å². The van der Waals surface area contributed by atoms with Crippen molar-refractivity contribution in [2.75, 3.05) is 0 Å². The van der Waals surface area contributed by atoms with Crippen LogP contribution in [0.1, 0.15) is 37.8 Å². The smallest absolute Gasteiger partial charge is 0.164 e. The summed E-state index contributed by atoms with van der Waals surface area (Å²) in [6.07, 6.45) is 1.94. The van der Waals surface area contributed by atoms with Crippen LogP contribution < -0.4 is 4.74 Å². The molecule has 1 aromatic carbocycles. The van der Waals surface area contributed by atoms with Crippen molar-refractivity contribution in [1.82, 2.24) is 14.8 Å². The van der Waals surface area contributed by atoms with Gasteiger partial charge in [0.05, 0.1) is 6.10 Å². The van der Waals surface area contributed by atoms with Gasteiger partial charge in [-0.3, -0.25) is 0 Å². The largest absolute Gasteiger partial charge is 0.485 e. The van der Waals surface area contributed by atoms with E-state index in [1.807, 2.05) is 22.9 Å². The van der Waals surface area contributed by atoms with E-state index in [9.17, 15) is 5.11 Å². The Kier molecular flexibility index (Phi) is 5.14. The van der Waals surface area contributed by atoms with E-state index >= 15 is 0 Å². The van der Waals surface area contributed by atoms with Crippen LogP contribution in [0.4, 0.5) is 0 Å². The van der Waals surface area contributed by atoms with Crippen molar-refractivity contribution in [3.05, 3.63) is 40.4 Å². The Bertz CT molecular complexity index is 569. The monoisotopic (exact) mass is 339 g/mol. The zero-order chi connectivity index (χ0) is 14.5. The van der Waals surface area contributed by atoms with Crippen LogP contribution >= 0.6 is 15.9 Å². The molecule has 0 saturated carbocycles. The minimum atomic E-state index is -0.587. The lowest BCUT2D eigenvalue weighted by atomic mass is 10.1. The number of aliphatic hydroxyl groups is 1. The van der Waals surface area contributed by atoms with Gasteiger partial charge in [-0.25, -0.2) is 9.67 Å². The molecular formula is C14H18BrN3O2. The van der Waals surface area contributed by atoms with Gasteiger partial charge in [0.2, 0.25) is 0 Å². The molecular weight excluding hydrogens is 322 g/mol. The van der Waals surface area contributed by atoms with Crippen molar-refractivity contribution in [3.63, 3.8) is 0 Å². The second-order valence-corrected chi connectivity index (χ2v) is 5.46. The van der Waals surface area contributed by atoms with Gasteiger partial charge in [0.15, 0.2) is 5.82 Å². The summed E-state index contributed by atoms with van der Waals surface area (Å²) in [5.74, 6) is 1.44.